The SMILES string of the molecule is CCOc1ccccc1C(CN)N1CCC(COC)C1. The van der Waals surface area contributed by atoms with E-state index in [1.807, 2.05) is 19.1 Å². The maximum absolute atomic E-state index is 6.04. The van der Waals surface area contributed by atoms with Crippen molar-refractivity contribution in [1.82, 2.24) is 4.90 Å². The second-order valence-corrected chi connectivity index (χ2v) is 5.33. The molecular weight excluding hydrogens is 252 g/mol. The van der Waals surface area contributed by atoms with Crippen LogP contribution in [-0.4, -0.2) is 44.9 Å². The third kappa shape index (κ3) is 3.51. The second-order valence-electron chi connectivity index (χ2n) is 5.33. The molecule has 0 saturated carbocycles. The lowest BCUT2D eigenvalue weighted by atomic mass is 10.0. The van der Waals surface area contributed by atoms with Gasteiger partial charge in [-0.15, -0.1) is 0 Å². The van der Waals surface area contributed by atoms with Crippen LogP contribution in [-0.2, 0) is 4.74 Å². The topological polar surface area (TPSA) is 47.7 Å². The average Bonchev–Trinajstić information content (AvgIpc) is 2.91. The van der Waals surface area contributed by atoms with Crippen molar-refractivity contribution < 1.29 is 9.47 Å². The molecule has 20 heavy (non-hydrogen) atoms. The summed E-state index contributed by atoms with van der Waals surface area (Å²) >= 11 is 0. The van der Waals surface area contributed by atoms with Crippen LogP contribution < -0.4 is 10.5 Å². The molecule has 0 bridgehead atoms. The molecule has 0 aliphatic carbocycles. The molecule has 1 saturated heterocycles. The highest BCUT2D eigenvalue weighted by Gasteiger charge is 2.29. The highest BCUT2D eigenvalue weighted by atomic mass is 16.5. The first-order chi connectivity index (χ1) is 9.80. The Hall–Kier alpha value is -1.10. The summed E-state index contributed by atoms with van der Waals surface area (Å²) in [5.74, 6) is 1.58. The molecule has 1 heterocycles. The summed E-state index contributed by atoms with van der Waals surface area (Å²) < 4.78 is 11.0. The van der Waals surface area contributed by atoms with E-state index in [0.29, 0.717) is 19.1 Å². The number of ether oxygens (including phenoxy) is 2. The highest BCUT2D eigenvalue weighted by Crippen LogP contribution is 2.32. The van der Waals surface area contributed by atoms with Crippen LogP contribution in [0.3, 0.4) is 0 Å². The molecule has 112 valence electrons. The Labute approximate surface area is 121 Å². The van der Waals surface area contributed by atoms with E-state index < -0.39 is 0 Å². The van der Waals surface area contributed by atoms with E-state index in [0.717, 1.165) is 25.4 Å². The minimum absolute atomic E-state index is 0.236. The normalized spacial score (nSPS) is 21.1. The lowest BCUT2D eigenvalue weighted by molar-refractivity contribution is 0.147. The van der Waals surface area contributed by atoms with E-state index in [9.17, 15) is 0 Å². The van der Waals surface area contributed by atoms with E-state index in [4.69, 9.17) is 15.2 Å². The molecule has 1 fully saturated rings. The van der Waals surface area contributed by atoms with Gasteiger partial charge in [-0.3, -0.25) is 4.90 Å². The zero-order valence-corrected chi connectivity index (χ0v) is 12.5. The Bertz CT molecular complexity index is 411. The summed E-state index contributed by atoms with van der Waals surface area (Å²) in [7, 11) is 1.77. The van der Waals surface area contributed by atoms with Crippen LogP contribution in [0, 0.1) is 5.92 Å². The van der Waals surface area contributed by atoms with Crippen LogP contribution in [0.4, 0.5) is 0 Å². The Kier molecular flexibility index (Phi) is 5.83. The van der Waals surface area contributed by atoms with Gasteiger partial charge in [0.15, 0.2) is 0 Å². The lowest BCUT2D eigenvalue weighted by Gasteiger charge is -2.28. The molecule has 0 radical (unpaired) electrons. The van der Waals surface area contributed by atoms with Crippen molar-refractivity contribution >= 4 is 0 Å². The van der Waals surface area contributed by atoms with Crippen LogP contribution in [0.5, 0.6) is 5.75 Å². The zero-order valence-electron chi connectivity index (χ0n) is 12.5. The van der Waals surface area contributed by atoms with E-state index in [1.165, 1.54) is 12.0 Å². The average molecular weight is 278 g/mol. The largest absolute Gasteiger partial charge is 0.494 e. The van der Waals surface area contributed by atoms with Crippen molar-refractivity contribution in [2.24, 2.45) is 11.7 Å². The van der Waals surface area contributed by atoms with Gasteiger partial charge in [0.05, 0.1) is 19.3 Å². The summed E-state index contributed by atoms with van der Waals surface area (Å²) in [4.78, 5) is 2.46. The molecule has 2 atom stereocenters. The fraction of sp³-hybridized carbons (Fsp3) is 0.625. The van der Waals surface area contributed by atoms with Gasteiger partial charge in [-0.25, -0.2) is 0 Å². The van der Waals surface area contributed by atoms with Crippen molar-refractivity contribution in [2.45, 2.75) is 19.4 Å². The molecule has 1 aromatic carbocycles. The molecule has 0 spiro atoms. The van der Waals surface area contributed by atoms with Gasteiger partial charge in [0.1, 0.15) is 5.75 Å². The van der Waals surface area contributed by atoms with Gasteiger partial charge in [0.2, 0.25) is 0 Å². The fourth-order valence-corrected chi connectivity index (χ4v) is 3.03. The summed E-state index contributed by atoms with van der Waals surface area (Å²) in [5.41, 5.74) is 7.24. The molecular formula is C16H26N2O2. The number of benzene rings is 1. The Morgan fingerprint density at radius 2 is 2.20 bits per heavy atom. The quantitative estimate of drug-likeness (QED) is 0.829. The van der Waals surface area contributed by atoms with E-state index in [-0.39, 0.29) is 6.04 Å². The standard InChI is InChI=1S/C16H26N2O2/c1-3-20-16-7-5-4-6-14(16)15(10-17)18-9-8-13(11-18)12-19-2/h4-7,13,15H,3,8-12,17H2,1-2H3. The van der Waals surface area contributed by atoms with Gasteiger partial charge in [-0.05, 0) is 31.9 Å². The third-order valence-corrected chi connectivity index (χ3v) is 3.96. The molecule has 0 aromatic heterocycles. The summed E-state index contributed by atoms with van der Waals surface area (Å²) in [6.07, 6.45) is 1.18. The number of hydrogen-bond donors (Lipinski definition) is 1. The van der Waals surface area contributed by atoms with E-state index in [2.05, 4.69) is 17.0 Å². The number of hydrogen-bond acceptors (Lipinski definition) is 4. The predicted octanol–water partition coefficient (Wildman–Crippen LogP) is 2.05. The molecule has 4 heteroatoms. The summed E-state index contributed by atoms with van der Waals surface area (Å²) in [6.45, 7) is 6.27. The lowest BCUT2D eigenvalue weighted by Crippen LogP contribution is -2.32. The minimum Gasteiger partial charge on any atom is -0.494 e. The van der Waals surface area contributed by atoms with Gasteiger partial charge < -0.3 is 15.2 Å². The van der Waals surface area contributed by atoms with Crippen molar-refractivity contribution in [3.05, 3.63) is 29.8 Å². The van der Waals surface area contributed by atoms with Gasteiger partial charge >= 0.3 is 0 Å². The van der Waals surface area contributed by atoms with Crippen molar-refractivity contribution in [3.8, 4) is 5.75 Å². The van der Waals surface area contributed by atoms with E-state index >= 15 is 0 Å². The highest BCUT2D eigenvalue weighted by molar-refractivity contribution is 5.36. The van der Waals surface area contributed by atoms with Crippen LogP contribution in [0.2, 0.25) is 0 Å². The Morgan fingerprint density at radius 1 is 1.40 bits per heavy atom. The Balaban J connectivity index is 2.12. The third-order valence-electron chi connectivity index (χ3n) is 3.96. The number of nitrogens with two attached hydrogens (primary N) is 1. The fourth-order valence-electron chi connectivity index (χ4n) is 3.03. The van der Waals surface area contributed by atoms with Crippen LogP contribution in [0.25, 0.3) is 0 Å². The number of rotatable bonds is 7. The summed E-state index contributed by atoms with van der Waals surface area (Å²) in [5, 5.41) is 0. The number of para-hydroxylation sites is 1. The van der Waals surface area contributed by atoms with Crippen LogP contribution >= 0.6 is 0 Å². The molecule has 0 amide bonds. The first-order valence-electron chi connectivity index (χ1n) is 7.44. The van der Waals surface area contributed by atoms with E-state index in [1.54, 1.807) is 7.11 Å². The minimum atomic E-state index is 0.236. The van der Waals surface area contributed by atoms with Crippen molar-refractivity contribution in [3.63, 3.8) is 0 Å². The maximum Gasteiger partial charge on any atom is 0.124 e. The molecule has 2 unspecified atom stereocenters. The second kappa shape index (κ2) is 7.62. The molecule has 1 aliphatic heterocycles. The van der Waals surface area contributed by atoms with Gasteiger partial charge in [-0.2, -0.15) is 0 Å². The van der Waals surface area contributed by atoms with Gasteiger partial charge in [-0.1, -0.05) is 18.2 Å². The molecule has 1 aliphatic rings. The molecule has 4 nitrogen and oxygen atoms in total. The number of likely N-dealkylation sites (tertiary alicyclic amines) is 1. The first kappa shape index (κ1) is 15.3. The maximum atomic E-state index is 6.04. The van der Waals surface area contributed by atoms with Crippen molar-refractivity contribution in [1.29, 1.82) is 0 Å². The molecule has 1 aromatic rings. The smallest absolute Gasteiger partial charge is 0.124 e. The van der Waals surface area contributed by atoms with Crippen LogP contribution in [0.15, 0.2) is 24.3 Å². The predicted molar refractivity (Wildman–Crippen MR) is 81.0 cm³/mol. The molecule has 2 N–H and O–H groups in total. The number of methoxy groups -OCH3 is 1. The first-order valence-corrected chi connectivity index (χ1v) is 7.44. The Morgan fingerprint density at radius 3 is 2.90 bits per heavy atom. The molecule has 2 rings (SSSR count). The monoisotopic (exact) mass is 278 g/mol. The van der Waals surface area contributed by atoms with Crippen LogP contribution in [0.1, 0.15) is 24.9 Å². The zero-order chi connectivity index (χ0) is 14.4. The summed E-state index contributed by atoms with van der Waals surface area (Å²) in [6, 6.07) is 8.47. The number of nitrogens with zero attached hydrogens (tertiary/aromatic N) is 1. The van der Waals surface area contributed by atoms with Crippen molar-refractivity contribution in [2.75, 3.05) is 40.0 Å². The van der Waals surface area contributed by atoms with Gasteiger partial charge in [0.25, 0.3) is 0 Å². The van der Waals surface area contributed by atoms with Gasteiger partial charge in [0, 0.05) is 25.8 Å².